The Hall–Kier alpha value is -2.27. The minimum absolute atomic E-state index is 0.0259. The Kier molecular flexibility index (Phi) is 3.43. The van der Waals surface area contributed by atoms with Crippen LogP contribution < -0.4 is 16.4 Å². The highest BCUT2D eigenvalue weighted by Crippen LogP contribution is 2.34. The second-order valence-corrected chi connectivity index (χ2v) is 5.30. The lowest BCUT2D eigenvalue weighted by Crippen LogP contribution is -2.19. The van der Waals surface area contributed by atoms with E-state index in [0.29, 0.717) is 34.9 Å². The van der Waals surface area contributed by atoms with Crippen molar-refractivity contribution in [3.8, 4) is 0 Å². The van der Waals surface area contributed by atoms with Crippen LogP contribution >= 0.6 is 11.6 Å². The van der Waals surface area contributed by atoms with Gasteiger partial charge in [-0.25, -0.2) is 4.39 Å². The zero-order chi connectivity index (χ0) is 15.0. The number of nitrogen functional groups attached to an aromatic ring is 1. The fraction of sp³-hybridized carbons (Fsp3) is 0.133. The van der Waals surface area contributed by atoms with Crippen molar-refractivity contribution in [2.75, 3.05) is 16.4 Å². The summed E-state index contributed by atoms with van der Waals surface area (Å²) < 4.78 is 13.3. The highest BCUT2D eigenvalue weighted by molar-refractivity contribution is 6.33. The maximum Gasteiger partial charge on any atom is 0.224 e. The minimum atomic E-state index is -0.397. The van der Waals surface area contributed by atoms with Crippen LogP contribution in [-0.2, 0) is 11.2 Å². The third kappa shape index (κ3) is 2.78. The molecule has 21 heavy (non-hydrogen) atoms. The number of nitrogens with one attached hydrogen (secondary N) is 2. The van der Waals surface area contributed by atoms with Gasteiger partial charge >= 0.3 is 0 Å². The first-order chi connectivity index (χ1) is 10.0. The SMILES string of the molecule is Nc1cc2c(cc1Nc1cc(F)ccc1Cl)NC(=O)CC2. The van der Waals surface area contributed by atoms with Crippen molar-refractivity contribution in [1.29, 1.82) is 0 Å². The van der Waals surface area contributed by atoms with Crippen molar-refractivity contribution in [1.82, 2.24) is 0 Å². The Morgan fingerprint density at radius 3 is 2.81 bits per heavy atom. The first-order valence-corrected chi connectivity index (χ1v) is 6.85. The van der Waals surface area contributed by atoms with Crippen LogP contribution in [0.15, 0.2) is 30.3 Å². The molecular formula is C15H13ClFN3O. The summed E-state index contributed by atoms with van der Waals surface area (Å²) in [6.07, 6.45) is 1.11. The Bertz CT molecular complexity index is 733. The molecule has 0 bridgehead atoms. The van der Waals surface area contributed by atoms with Crippen LogP contribution in [0.3, 0.4) is 0 Å². The van der Waals surface area contributed by atoms with Crippen molar-refractivity contribution in [3.63, 3.8) is 0 Å². The molecule has 0 saturated heterocycles. The van der Waals surface area contributed by atoms with E-state index in [1.807, 2.05) is 6.07 Å². The van der Waals surface area contributed by atoms with E-state index in [4.69, 9.17) is 17.3 Å². The molecular weight excluding hydrogens is 293 g/mol. The second kappa shape index (κ2) is 5.26. The topological polar surface area (TPSA) is 67.2 Å². The molecule has 1 heterocycles. The maximum atomic E-state index is 13.3. The largest absolute Gasteiger partial charge is 0.397 e. The monoisotopic (exact) mass is 305 g/mol. The Balaban J connectivity index is 1.97. The summed E-state index contributed by atoms with van der Waals surface area (Å²) in [6.45, 7) is 0. The van der Waals surface area contributed by atoms with Crippen LogP contribution in [0.1, 0.15) is 12.0 Å². The van der Waals surface area contributed by atoms with Crippen LogP contribution in [-0.4, -0.2) is 5.91 Å². The molecule has 0 saturated carbocycles. The fourth-order valence-electron chi connectivity index (χ4n) is 2.29. The van der Waals surface area contributed by atoms with Crippen molar-refractivity contribution in [3.05, 3.63) is 46.7 Å². The molecule has 1 aliphatic rings. The summed E-state index contributed by atoms with van der Waals surface area (Å²) in [6, 6.07) is 7.59. The van der Waals surface area contributed by atoms with Crippen LogP contribution in [0.5, 0.6) is 0 Å². The number of carbonyl (C=O) groups is 1. The minimum Gasteiger partial charge on any atom is -0.397 e. The quantitative estimate of drug-likeness (QED) is 0.741. The normalized spacial score (nSPS) is 13.5. The van der Waals surface area contributed by atoms with Gasteiger partial charge in [-0.05, 0) is 42.3 Å². The third-order valence-electron chi connectivity index (χ3n) is 3.37. The van der Waals surface area contributed by atoms with E-state index in [-0.39, 0.29) is 5.91 Å². The summed E-state index contributed by atoms with van der Waals surface area (Å²) in [4.78, 5) is 11.4. The number of amides is 1. The summed E-state index contributed by atoms with van der Waals surface area (Å²) in [5.74, 6) is -0.422. The standard InChI is InChI=1S/C15H13ClFN3O/c16-10-3-2-9(17)6-13(10)19-14-7-12-8(5-11(14)18)1-4-15(21)20-12/h2-3,5-7,19H,1,4,18H2,(H,20,21). The van der Waals surface area contributed by atoms with Crippen molar-refractivity contribution < 1.29 is 9.18 Å². The van der Waals surface area contributed by atoms with Crippen LogP contribution in [0.25, 0.3) is 0 Å². The molecule has 0 unspecified atom stereocenters. The first-order valence-electron chi connectivity index (χ1n) is 6.47. The molecule has 1 amide bonds. The zero-order valence-electron chi connectivity index (χ0n) is 11.0. The number of hydrogen-bond donors (Lipinski definition) is 3. The van der Waals surface area contributed by atoms with Gasteiger partial charge < -0.3 is 16.4 Å². The molecule has 108 valence electrons. The zero-order valence-corrected chi connectivity index (χ0v) is 11.8. The van der Waals surface area contributed by atoms with E-state index in [1.54, 1.807) is 6.07 Å². The average molecular weight is 306 g/mol. The van der Waals surface area contributed by atoms with E-state index >= 15 is 0 Å². The molecule has 1 aliphatic heterocycles. The summed E-state index contributed by atoms with van der Waals surface area (Å²) in [5, 5.41) is 6.18. The van der Waals surface area contributed by atoms with Crippen LogP contribution in [0, 0.1) is 5.82 Å². The number of aryl methyl sites for hydroxylation is 1. The number of rotatable bonds is 2. The number of anilines is 4. The predicted octanol–water partition coefficient (Wildman–Crippen LogP) is 3.69. The summed E-state index contributed by atoms with van der Waals surface area (Å²) in [7, 11) is 0. The van der Waals surface area contributed by atoms with Gasteiger partial charge in [-0.2, -0.15) is 0 Å². The average Bonchev–Trinajstić information content (AvgIpc) is 2.44. The van der Waals surface area contributed by atoms with Crippen LogP contribution in [0.4, 0.5) is 27.1 Å². The third-order valence-corrected chi connectivity index (χ3v) is 3.70. The highest BCUT2D eigenvalue weighted by Gasteiger charge is 2.17. The number of fused-ring (bicyclic) bond motifs is 1. The molecule has 0 radical (unpaired) electrons. The first kappa shape index (κ1) is 13.7. The summed E-state index contributed by atoms with van der Waals surface area (Å²) >= 11 is 6.03. The van der Waals surface area contributed by atoms with Gasteiger partial charge in [0.05, 0.1) is 22.1 Å². The molecule has 4 nitrogen and oxygen atoms in total. The Labute approximate surface area is 126 Å². The Morgan fingerprint density at radius 1 is 1.19 bits per heavy atom. The van der Waals surface area contributed by atoms with Gasteiger partial charge in [-0.15, -0.1) is 0 Å². The van der Waals surface area contributed by atoms with Crippen molar-refractivity contribution >= 4 is 40.3 Å². The molecule has 4 N–H and O–H groups in total. The van der Waals surface area contributed by atoms with Gasteiger partial charge in [0.1, 0.15) is 5.82 Å². The Morgan fingerprint density at radius 2 is 2.00 bits per heavy atom. The number of hydrogen-bond acceptors (Lipinski definition) is 3. The molecule has 2 aromatic carbocycles. The molecule has 0 aromatic heterocycles. The van der Waals surface area contributed by atoms with E-state index < -0.39 is 5.82 Å². The fourth-order valence-corrected chi connectivity index (χ4v) is 2.46. The van der Waals surface area contributed by atoms with Gasteiger partial charge in [0.15, 0.2) is 0 Å². The number of carbonyl (C=O) groups excluding carboxylic acids is 1. The van der Waals surface area contributed by atoms with Gasteiger partial charge in [-0.1, -0.05) is 11.6 Å². The van der Waals surface area contributed by atoms with Crippen molar-refractivity contribution in [2.45, 2.75) is 12.8 Å². The highest BCUT2D eigenvalue weighted by atomic mass is 35.5. The van der Waals surface area contributed by atoms with E-state index in [1.165, 1.54) is 18.2 Å². The molecule has 6 heteroatoms. The number of nitrogens with two attached hydrogens (primary N) is 1. The van der Waals surface area contributed by atoms with E-state index in [9.17, 15) is 9.18 Å². The molecule has 0 fully saturated rings. The second-order valence-electron chi connectivity index (χ2n) is 4.89. The molecule has 0 aliphatic carbocycles. The molecule has 3 rings (SSSR count). The molecule has 0 spiro atoms. The van der Waals surface area contributed by atoms with Gasteiger partial charge in [0.25, 0.3) is 0 Å². The van der Waals surface area contributed by atoms with E-state index in [0.717, 1.165) is 11.3 Å². The summed E-state index contributed by atoms with van der Waals surface area (Å²) in [5.41, 5.74) is 9.22. The predicted molar refractivity (Wildman–Crippen MR) is 82.5 cm³/mol. The van der Waals surface area contributed by atoms with Gasteiger partial charge in [0, 0.05) is 12.1 Å². The van der Waals surface area contributed by atoms with Crippen molar-refractivity contribution in [2.24, 2.45) is 0 Å². The molecule has 0 atom stereocenters. The van der Waals surface area contributed by atoms with E-state index in [2.05, 4.69) is 10.6 Å². The number of halogens is 2. The molecule has 2 aromatic rings. The lowest BCUT2D eigenvalue weighted by molar-refractivity contribution is -0.116. The van der Waals surface area contributed by atoms with Gasteiger partial charge in [0.2, 0.25) is 5.91 Å². The number of benzene rings is 2. The van der Waals surface area contributed by atoms with Gasteiger partial charge in [-0.3, -0.25) is 4.79 Å². The smallest absolute Gasteiger partial charge is 0.224 e. The van der Waals surface area contributed by atoms with Crippen LogP contribution in [0.2, 0.25) is 5.02 Å². The lowest BCUT2D eigenvalue weighted by Gasteiger charge is -2.20. The maximum absolute atomic E-state index is 13.3. The lowest BCUT2D eigenvalue weighted by atomic mass is 10.0.